The second-order valence-electron chi connectivity index (χ2n) is 10.5. The molecule has 35 heavy (non-hydrogen) atoms. The zero-order chi connectivity index (χ0) is 25.8. The van der Waals surface area contributed by atoms with Crippen LogP contribution in [0.3, 0.4) is 0 Å². The van der Waals surface area contributed by atoms with Crippen LogP contribution in [0.4, 0.5) is 0 Å². The first kappa shape index (κ1) is 26.5. The second-order valence-corrected chi connectivity index (χ2v) is 10.5. The first-order valence-corrected chi connectivity index (χ1v) is 12.6. The van der Waals surface area contributed by atoms with Crippen molar-refractivity contribution in [1.82, 2.24) is 14.5 Å². The van der Waals surface area contributed by atoms with Crippen molar-refractivity contribution < 1.29 is 9.53 Å². The molecule has 0 bridgehead atoms. The maximum Gasteiger partial charge on any atom is 0.266 e. The number of ether oxygens (including phenoxy) is 1. The molecule has 1 amide bonds. The van der Waals surface area contributed by atoms with E-state index in [2.05, 4.69) is 27.7 Å². The Hall–Kier alpha value is -3.15. The van der Waals surface area contributed by atoms with E-state index in [0.29, 0.717) is 42.0 Å². The molecule has 0 aliphatic carbocycles. The van der Waals surface area contributed by atoms with E-state index in [-0.39, 0.29) is 28.8 Å². The Morgan fingerprint density at radius 3 is 2.31 bits per heavy atom. The van der Waals surface area contributed by atoms with Gasteiger partial charge in [0.15, 0.2) is 0 Å². The van der Waals surface area contributed by atoms with Crippen molar-refractivity contribution in [3.05, 3.63) is 64.7 Å². The zero-order valence-corrected chi connectivity index (χ0v) is 22.2. The average Bonchev–Trinajstić information content (AvgIpc) is 2.79. The molecule has 3 rings (SSSR count). The predicted molar refractivity (Wildman–Crippen MR) is 142 cm³/mol. The molecule has 0 aliphatic heterocycles. The lowest BCUT2D eigenvalue weighted by Crippen LogP contribution is -2.38. The van der Waals surface area contributed by atoms with Crippen molar-refractivity contribution in [2.24, 2.45) is 11.3 Å². The van der Waals surface area contributed by atoms with Gasteiger partial charge in [-0.05, 0) is 74.9 Å². The summed E-state index contributed by atoms with van der Waals surface area (Å²) in [5.74, 6) is 1.64. The molecule has 0 saturated heterocycles. The normalized spacial score (nSPS) is 13.5. The first-order valence-electron chi connectivity index (χ1n) is 12.6. The minimum Gasteiger partial charge on any atom is -0.494 e. The average molecular weight is 478 g/mol. The Morgan fingerprint density at radius 2 is 1.71 bits per heavy atom. The van der Waals surface area contributed by atoms with Gasteiger partial charge < -0.3 is 9.64 Å². The van der Waals surface area contributed by atoms with E-state index in [1.165, 1.54) is 0 Å². The molecule has 0 spiro atoms. The summed E-state index contributed by atoms with van der Waals surface area (Å²) in [6.07, 6.45) is 1.44. The van der Waals surface area contributed by atoms with Gasteiger partial charge in [0.05, 0.1) is 29.2 Å². The Labute approximate surface area is 208 Å². The quantitative estimate of drug-likeness (QED) is 0.370. The monoisotopic (exact) mass is 477 g/mol. The molecule has 0 fully saturated rings. The molecular formula is C29H39N3O3. The summed E-state index contributed by atoms with van der Waals surface area (Å²) in [5, 5.41) is 0.547. The molecule has 2 aromatic carbocycles. The topological polar surface area (TPSA) is 64.4 Å². The third-order valence-corrected chi connectivity index (χ3v) is 6.19. The number of hydrogen-bond acceptors (Lipinski definition) is 4. The van der Waals surface area contributed by atoms with E-state index in [0.717, 1.165) is 12.2 Å². The van der Waals surface area contributed by atoms with Crippen LogP contribution in [0.25, 0.3) is 16.6 Å². The van der Waals surface area contributed by atoms with Crippen LogP contribution in [-0.2, 0) is 4.79 Å². The maximum atomic E-state index is 13.7. The van der Waals surface area contributed by atoms with Crippen LogP contribution in [0.5, 0.6) is 5.75 Å². The number of para-hydroxylation sites is 1. The third-order valence-electron chi connectivity index (χ3n) is 6.19. The highest BCUT2D eigenvalue weighted by Gasteiger charge is 2.27. The van der Waals surface area contributed by atoms with Gasteiger partial charge in [-0.15, -0.1) is 0 Å². The van der Waals surface area contributed by atoms with E-state index in [9.17, 15) is 9.59 Å². The number of benzene rings is 2. The van der Waals surface area contributed by atoms with Crippen LogP contribution in [0.15, 0.2) is 53.3 Å². The van der Waals surface area contributed by atoms with Crippen LogP contribution in [0.1, 0.15) is 73.2 Å². The van der Waals surface area contributed by atoms with E-state index in [1.54, 1.807) is 10.6 Å². The summed E-state index contributed by atoms with van der Waals surface area (Å²) in [7, 11) is 0. The van der Waals surface area contributed by atoms with Gasteiger partial charge in [-0.25, -0.2) is 4.98 Å². The molecule has 1 heterocycles. The number of carbonyl (C=O) groups is 1. The third kappa shape index (κ3) is 6.30. The van der Waals surface area contributed by atoms with Crippen molar-refractivity contribution in [2.75, 3.05) is 13.2 Å². The fourth-order valence-electron chi connectivity index (χ4n) is 4.88. The summed E-state index contributed by atoms with van der Waals surface area (Å²) in [6.45, 7) is 15.7. The van der Waals surface area contributed by atoms with Gasteiger partial charge in [0.25, 0.3) is 5.56 Å². The lowest BCUT2D eigenvalue weighted by atomic mass is 9.84. The molecule has 2 unspecified atom stereocenters. The Bertz CT molecular complexity index is 1210. The smallest absolute Gasteiger partial charge is 0.266 e. The van der Waals surface area contributed by atoms with Gasteiger partial charge in [0, 0.05) is 13.0 Å². The fraction of sp³-hybridized carbons (Fsp3) is 0.483. The molecule has 6 nitrogen and oxygen atoms in total. The number of amides is 1. The van der Waals surface area contributed by atoms with Crippen molar-refractivity contribution in [3.63, 3.8) is 0 Å². The molecule has 3 aromatic rings. The summed E-state index contributed by atoms with van der Waals surface area (Å²) in [4.78, 5) is 33.8. The maximum absolute atomic E-state index is 13.7. The Kier molecular flexibility index (Phi) is 8.36. The number of aromatic nitrogens is 2. The molecule has 2 atom stereocenters. The number of rotatable bonds is 9. The van der Waals surface area contributed by atoms with Crippen LogP contribution >= 0.6 is 0 Å². The van der Waals surface area contributed by atoms with Gasteiger partial charge >= 0.3 is 0 Å². The van der Waals surface area contributed by atoms with Crippen LogP contribution in [0, 0.1) is 11.3 Å². The van der Waals surface area contributed by atoms with Gasteiger partial charge in [0.2, 0.25) is 5.91 Å². The van der Waals surface area contributed by atoms with Crippen molar-refractivity contribution in [3.8, 4) is 11.4 Å². The lowest BCUT2D eigenvalue weighted by Gasteiger charge is -2.31. The molecule has 6 heteroatoms. The van der Waals surface area contributed by atoms with Gasteiger partial charge in [-0.2, -0.15) is 0 Å². The lowest BCUT2D eigenvalue weighted by molar-refractivity contribution is -0.134. The predicted octanol–water partition coefficient (Wildman–Crippen LogP) is 6.16. The van der Waals surface area contributed by atoms with E-state index >= 15 is 0 Å². The summed E-state index contributed by atoms with van der Waals surface area (Å²) in [6, 6.07) is 14.4. The fourth-order valence-corrected chi connectivity index (χ4v) is 4.88. The van der Waals surface area contributed by atoms with Crippen molar-refractivity contribution >= 4 is 16.8 Å². The molecule has 0 radical (unpaired) electrons. The molecular weight excluding hydrogens is 438 g/mol. The van der Waals surface area contributed by atoms with E-state index in [1.807, 2.05) is 68.1 Å². The largest absolute Gasteiger partial charge is 0.494 e. The number of nitrogens with zero attached hydrogens (tertiary/aromatic N) is 3. The highest BCUT2D eigenvalue weighted by atomic mass is 16.5. The van der Waals surface area contributed by atoms with Crippen molar-refractivity contribution in [1.29, 1.82) is 0 Å². The molecule has 0 saturated carbocycles. The summed E-state index contributed by atoms with van der Waals surface area (Å²) >= 11 is 0. The second kappa shape index (κ2) is 11.1. The van der Waals surface area contributed by atoms with Gasteiger partial charge in [0.1, 0.15) is 11.6 Å². The number of carbonyl (C=O) groups excluding carboxylic acids is 1. The molecule has 1 aromatic heterocycles. The SMILES string of the molecule is CCOc1ccc(-n2c(C(C)N(CC)C(=O)CC(C)CC(C)(C)C)nc3ccccc3c2=O)cc1. The highest BCUT2D eigenvalue weighted by molar-refractivity contribution is 5.79. The Morgan fingerprint density at radius 1 is 1.06 bits per heavy atom. The first-order chi connectivity index (χ1) is 16.6. The Balaban J connectivity index is 2.06. The summed E-state index contributed by atoms with van der Waals surface area (Å²) in [5.41, 5.74) is 1.34. The standard InChI is InChI=1S/C29H39N3O3/c1-8-31(26(33)18-20(3)19-29(5,6)7)21(4)27-30-25-13-11-10-12-24(25)28(34)32(27)22-14-16-23(17-15-22)35-9-2/h10-17,20-21H,8-9,18-19H2,1-7H3. The molecule has 0 N–H and O–H groups in total. The minimum absolute atomic E-state index is 0.0809. The van der Waals surface area contributed by atoms with Gasteiger partial charge in [-0.1, -0.05) is 39.8 Å². The van der Waals surface area contributed by atoms with E-state index < -0.39 is 0 Å². The van der Waals surface area contributed by atoms with Crippen LogP contribution in [0.2, 0.25) is 0 Å². The number of fused-ring (bicyclic) bond motifs is 1. The van der Waals surface area contributed by atoms with Crippen LogP contribution in [-0.4, -0.2) is 33.5 Å². The minimum atomic E-state index is -0.377. The summed E-state index contributed by atoms with van der Waals surface area (Å²) < 4.78 is 7.21. The van der Waals surface area contributed by atoms with Crippen molar-refractivity contribution in [2.45, 2.75) is 67.3 Å². The van der Waals surface area contributed by atoms with E-state index in [4.69, 9.17) is 9.72 Å². The van der Waals surface area contributed by atoms with Gasteiger partial charge in [-0.3, -0.25) is 14.2 Å². The molecule has 0 aliphatic rings. The number of hydrogen-bond donors (Lipinski definition) is 0. The zero-order valence-electron chi connectivity index (χ0n) is 22.2. The molecule has 188 valence electrons. The highest BCUT2D eigenvalue weighted by Crippen LogP contribution is 2.29. The van der Waals surface area contributed by atoms with Crippen LogP contribution < -0.4 is 10.3 Å².